The molecule has 2 heterocycles. The lowest BCUT2D eigenvalue weighted by Crippen LogP contribution is -2.11. The molecule has 5 aromatic rings. The van der Waals surface area contributed by atoms with E-state index in [4.69, 9.17) is 0 Å². The summed E-state index contributed by atoms with van der Waals surface area (Å²) in [6, 6.07) is 21.3. The summed E-state index contributed by atoms with van der Waals surface area (Å²) in [5.74, 6) is 1.48. The molecular weight excluding hydrogens is 418 g/mol. The summed E-state index contributed by atoms with van der Waals surface area (Å²) in [5, 5.41) is 9.83. The van der Waals surface area contributed by atoms with Crippen LogP contribution in [0.1, 0.15) is 31.9 Å². The van der Waals surface area contributed by atoms with Crippen LogP contribution in [0.5, 0.6) is 0 Å². The molecule has 0 radical (unpaired) electrons. The molecule has 170 valence electrons. The smallest absolute Gasteiger partial charge is 0.222 e. The van der Waals surface area contributed by atoms with Crippen molar-refractivity contribution < 1.29 is 0 Å². The van der Waals surface area contributed by atoms with E-state index in [1.54, 1.807) is 0 Å². The van der Waals surface area contributed by atoms with Crippen molar-refractivity contribution in [2.75, 3.05) is 17.7 Å². The van der Waals surface area contributed by atoms with E-state index in [0.29, 0.717) is 5.95 Å². The van der Waals surface area contributed by atoms with Crippen LogP contribution in [0.2, 0.25) is 0 Å². The van der Waals surface area contributed by atoms with Gasteiger partial charge in [-0.25, -0.2) is 15.0 Å². The molecule has 0 spiro atoms. The van der Waals surface area contributed by atoms with Crippen LogP contribution in [0.3, 0.4) is 0 Å². The first-order valence-electron chi connectivity index (χ1n) is 11.5. The van der Waals surface area contributed by atoms with Crippen molar-refractivity contribution in [1.29, 1.82) is 0 Å². The molecule has 0 fully saturated rings. The molecule has 0 aliphatic rings. The van der Waals surface area contributed by atoms with Gasteiger partial charge in [-0.1, -0.05) is 51.1 Å². The summed E-state index contributed by atoms with van der Waals surface area (Å²) in [7, 11) is 1.83. The zero-order valence-electron chi connectivity index (χ0n) is 20.3. The van der Waals surface area contributed by atoms with Gasteiger partial charge in [-0.3, -0.25) is 0 Å². The summed E-state index contributed by atoms with van der Waals surface area (Å²) >= 11 is 0. The van der Waals surface area contributed by atoms with E-state index in [2.05, 4.69) is 114 Å². The third-order valence-corrected chi connectivity index (χ3v) is 6.24. The molecular formula is C29H29N5. The Morgan fingerprint density at radius 3 is 2.50 bits per heavy atom. The van der Waals surface area contributed by atoms with Gasteiger partial charge >= 0.3 is 0 Å². The van der Waals surface area contributed by atoms with Crippen LogP contribution in [0.25, 0.3) is 32.8 Å². The summed E-state index contributed by atoms with van der Waals surface area (Å²) in [6.45, 7) is 8.84. The molecule has 34 heavy (non-hydrogen) atoms. The molecule has 0 aliphatic carbocycles. The second-order valence-electron chi connectivity index (χ2n) is 9.69. The Morgan fingerprint density at radius 1 is 0.853 bits per heavy atom. The van der Waals surface area contributed by atoms with Gasteiger partial charge < -0.3 is 10.6 Å². The quantitative estimate of drug-likeness (QED) is 0.304. The minimum absolute atomic E-state index is 0.0852. The largest absolute Gasteiger partial charge is 0.357 e. The van der Waals surface area contributed by atoms with Crippen LogP contribution in [0.4, 0.5) is 17.5 Å². The number of benzene rings is 3. The van der Waals surface area contributed by atoms with E-state index in [-0.39, 0.29) is 5.41 Å². The first kappa shape index (κ1) is 21.8. The fourth-order valence-electron chi connectivity index (χ4n) is 4.36. The summed E-state index contributed by atoms with van der Waals surface area (Å²) in [6.07, 6.45) is 3.75. The van der Waals surface area contributed by atoms with E-state index < -0.39 is 0 Å². The van der Waals surface area contributed by atoms with Crippen molar-refractivity contribution in [3.63, 3.8) is 0 Å². The number of anilines is 3. The number of fused-ring (bicyclic) bond motifs is 2. The molecule has 5 rings (SSSR count). The average Bonchev–Trinajstić information content (AvgIpc) is 2.83. The van der Waals surface area contributed by atoms with Crippen LogP contribution in [0, 0.1) is 6.92 Å². The molecule has 2 aromatic heterocycles. The molecule has 2 N–H and O–H groups in total. The van der Waals surface area contributed by atoms with Gasteiger partial charge in [0.1, 0.15) is 5.82 Å². The maximum atomic E-state index is 4.69. The Balaban J connectivity index is 1.61. The first-order valence-corrected chi connectivity index (χ1v) is 11.5. The Labute approximate surface area is 200 Å². The van der Waals surface area contributed by atoms with Crippen molar-refractivity contribution in [3.8, 4) is 11.1 Å². The second-order valence-corrected chi connectivity index (χ2v) is 9.69. The molecule has 3 aromatic carbocycles. The predicted molar refractivity (Wildman–Crippen MR) is 143 cm³/mol. The van der Waals surface area contributed by atoms with E-state index in [1.807, 2.05) is 19.4 Å². The number of aryl methyl sites for hydroxylation is 1. The number of nitrogens with one attached hydrogen (secondary N) is 2. The highest BCUT2D eigenvalue weighted by molar-refractivity contribution is 6.04. The van der Waals surface area contributed by atoms with E-state index >= 15 is 0 Å². The number of nitrogens with zero attached hydrogens (tertiary/aromatic N) is 3. The highest BCUT2D eigenvalue weighted by atomic mass is 15.1. The Kier molecular flexibility index (Phi) is 5.40. The minimum Gasteiger partial charge on any atom is -0.357 e. The van der Waals surface area contributed by atoms with E-state index in [1.165, 1.54) is 16.7 Å². The maximum Gasteiger partial charge on any atom is 0.222 e. The molecule has 0 saturated carbocycles. The van der Waals surface area contributed by atoms with Gasteiger partial charge in [0.15, 0.2) is 0 Å². The van der Waals surface area contributed by atoms with Gasteiger partial charge in [-0.15, -0.1) is 0 Å². The molecule has 0 bridgehead atoms. The summed E-state index contributed by atoms with van der Waals surface area (Å²) < 4.78 is 0. The van der Waals surface area contributed by atoms with Crippen LogP contribution >= 0.6 is 0 Å². The lowest BCUT2D eigenvalue weighted by Gasteiger charge is -2.20. The predicted octanol–water partition coefficient (Wildman–Crippen LogP) is 7.24. The van der Waals surface area contributed by atoms with Crippen molar-refractivity contribution in [1.82, 2.24) is 15.0 Å². The van der Waals surface area contributed by atoms with Crippen molar-refractivity contribution in [3.05, 3.63) is 84.2 Å². The van der Waals surface area contributed by atoms with Crippen LogP contribution in [0.15, 0.2) is 73.1 Å². The average molecular weight is 448 g/mol. The standard InChI is InChI=1S/C29H29N5/c1-18-9-11-24-23(26(18)19-10-12-25-20(15-19)17-32-28(30-5)34-25)13-14-31-27(24)33-22-8-6-7-21(16-22)29(2,3)4/h6-17H,1-5H3,(H,31,33)(H,30,32,34). The second kappa shape index (κ2) is 8.41. The third-order valence-electron chi connectivity index (χ3n) is 6.24. The van der Waals surface area contributed by atoms with Crippen molar-refractivity contribution >= 4 is 39.1 Å². The first-order chi connectivity index (χ1) is 16.3. The van der Waals surface area contributed by atoms with Crippen LogP contribution in [-0.2, 0) is 5.41 Å². The summed E-state index contributed by atoms with van der Waals surface area (Å²) in [5.41, 5.74) is 6.89. The van der Waals surface area contributed by atoms with Gasteiger partial charge in [0.25, 0.3) is 0 Å². The van der Waals surface area contributed by atoms with Crippen LogP contribution in [-0.4, -0.2) is 22.0 Å². The van der Waals surface area contributed by atoms with Gasteiger partial charge in [0.2, 0.25) is 5.95 Å². The zero-order chi connectivity index (χ0) is 23.9. The minimum atomic E-state index is 0.0852. The molecule has 5 nitrogen and oxygen atoms in total. The fraction of sp³-hybridized carbons (Fsp3) is 0.207. The molecule has 0 saturated heterocycles. The van der Waals surface area contributed by atoms with Crippen molar-refractivity contribution in [2.45, 2.75) is 33.1 Å². The lowest BCUT2D eigenvalue weighted by atomic mass is 9.87. The van der Waals surface area contributed by atoms with E-state index in [0.717, 1.165) is 38.7 Å². The molecule has 0 aliphatic heterocycles. The van der Waals surface area contributed by atoms with Gasteiger partial charge in [0.05, 0.1) is 5.52 Å². The van der Waals surface area contributed by atoms with Crippen molar-refractivity contribution in [2.24, 2.45) is 0 Å². The summed E-state index contributed by atoms with van der Waals surface area (Å²) in [4.78, 5) is 13.6. The number of aromatic nitrogens is 3. The Hall–Kier alpha value is -3.99. The van der Waals surface area contributed by atoms with Gasteiger partial charge in [-0.2, -0.15) is 0 Å². The molecule has 0 atom stereocenters. The monoisotopic (exact) mass is 447 g/mol. The molecule has 5 heteroatoms. The number of hydrogen-bond donors (Lipinski definition) is 2. The Bertz CT molecular complexity index is 1520. The third kappa shape index (κ3) is 4.05. The molecule has 0 unspecified atom stereocenters. The maximum absolute atomic E-state index is 4.69. The number of hydrogen-bond acceptors (Lipinski definition) is 5. The molecule has 0 amide bonds. The fourth-order valence-corrected chi connectivity index (χ4v) is 4.36. The highest BCUT2D eigenvalue weighted by Crippen LogP contribution is 2.36. The normalized spacial score (nSPS) is 11.7. The Morgan fingerprint density at radius 2 is 1.71 bits per heavy atom. The lowest BCUT2D eigenvalue weighted by molar-refractivity contribution is 0.590. The topological polar surface area (TPSA) is 62.7 Å². The zero-order valence-corrected chi connectivity index (χ0v) is 20.3. The van der Waals surface area contributed by atoms with E-state index in [9.17, 15) is 0 Å². The van der Waals surface area contributed by atoms with Gasteiger partial charge in [-0.05, 0) is 70.3 Å². The number of rotatable bonds is 4. The van der Waals surface area contributed by atoms with Gasteiger partial charge in [0, 0.05) is 35.9 Å². The highest BCUT2D eigenvalue weighted by Gasteiger charge is 2.15. The van der Waals surface area contributed by atoms with Crippen LogP contribution < -0.4 is 10.6 Å². The SMILES string of the molecule is CNc1ncc2cc(-c3c(C)ccc4c(Nc5cccc(C(C)(C)C)c5)nccc34)ccc2n1. The number of pyridine rings is 1.